The van der Waals surface area contributed by atoms with Crippen LogP contribution in [0.5, 0.6) is 11.5 Å². The second-order valence-electron chi connectivity index (χ2n) is 16.8. The number of rotatable bonds is 7. The van der Waals surface area contributed by atoms with E-state index in [2.05, 4.69) is 65.7 Å². The average molecular weight is 933 g/mol. The molecule has 1 spiro atoms. The maximum Gasteiger partial charge on any atom is 0.323 e. The Morgan fingerprint density at radius 1 is 0.667 bits per heavy atom. The zero-order chi connectivity index (χ0) is 48.8. The second-order valence-corrected chi connectivity index (χ2v) is 16.8. The summed E-state index contributed by atoms with van der Waals surface area (Å²) in [5, 5.41) is 26.7. The SMILES string of the molecule is COc1ccc2c(c1)C(=O)N(C[C@@]1(C#Cc3ccc4c(c3)CCC43NC(=O)NC3=O)NC(=O)NC1=O)C2.COc1ccc2c(c1)C(=O)N(C[C@@]1(C#Cc3cncc(C(C)=NO)c3)NC(=O)NC1=O)C2. The second kappa shape index (κ2) is 17.2. The molecule has 5 aliphatic heterocycles. The van der Waals surface area contributed by atoms with Crippen LogP contribution in [0.3, 0.4) is 0 Å². The van der Waals surface area contributed by atoms with Gasteiger partial charge in [0.2, 0.25) is 11.1 Å². The highest BCUT2D eigenvalue weighted by molar-refractivity contribution is 6.11. The number of pyridine rings is 1. The van der Waals surface area contributed by atoms with Crippen LogP contribution in [0.1, 0.15) is 73.0 Å². The fourth-order valence-electron chi connectivity index (χ4n) is 8.95. The van der Waals surface area contributed by atoms with Gasteiger partial charge in [0.25, 0.3) is 29.5 Å². The molecule has 0 bridgehead atoms. The van der Waals surface area contributed by atoms with E-state index >= 15 is 0 Å². The van der Waals surface area contributed by atoms with Gasteiger partial charge in [0.05, 0.1) is 33.0 Å². The molecule has 11 amide bonds. The third kappa shape index (κ3) is 8.11. The standard InChI is InChI=1S/C26H21N5O6.C22H19N5O5/c1-37-17-4-3-16-12-31(20(32)18(16)11-17)13-25(21(33)27-23(35)29-25)8-6-14-2-5-19-15(10-14)7-9-26(19)22(34)28-24(36)30-26;1-13(26-31)16-7-14(9-23-10-16)5-6-22(20(29)24-21(30)25-22)12-27-11-15-3-4-17(32-2)8-18(15)19(27)28/h2-5,10-11H,7,9,12-13H2,1H3,(H2,27,29,33,35)(H2,28,30,34,36);3-4,7-10,31H,11-12H2,1-2H3,(H2,24,25,29,30)/t25-,26?;22-/m11/s1. The molecule has 0 radical (unpaired) electrons. The van der Waals surface area contributed by atoms with Crippen LogP contribution in [0.2, 0.25) is 0 Å². The summed E-state index contributed by atoms with van der Waals surface area (Å²) < 4.78 is 10.4. The Labute approximate surface area is 392 Å². The molecule has 6 heterocycles. The molecule has 7 N–H and O–H groups in total. The van der Waals surface area contributed by atoms with Crippen LogP contribution in [0, 0.1) is 23.7 Å². The zero-order valence-corrected chi connectivity index (χ0v) is 37.0. The highest BCUT2D eigenvalue weighted by atomic mass is 16.5. The number of methoxy groups -OCH3 is 2. The van der Waals surface area contributed by atoms with Crippen molar-refractivity contribution in [3.05, 3.63) is 123 Å². The number of nitrogens with one attached hydrogen (secondary N) is 6. The van der Waals surface area contributed by atoms with E-state index in [-0.39, 0.29) is 43.9 Å². The molecule has 3 saturated heterocycles. The predicted molar refractivity (Wildman–Crippen MR) is 239 cm³/mol. The lowest BCUT2D eigenvalue weighted by Crippen LogP contribution is -2.54. The Kier molecular flexibility index (Phi) is 11.2. The van der Waals surface area contributed by atoms with Crippen LogP contribution in [-0.4, -0.2) is 112 Å². The van der Waals surface area contributed by atoms with Crippen molar-refractivity contribution in [2.24, 2.45) is 5.16 Å². The van der Waals surface area contributed by atoms with Crippen LogP contribution < -0.4 is 41.4 Å². The Balaban J connectivity index is 0.000000174. The number of oxime groups is 1. The number of carbonyl (C=O) groups excluding carboxylic acids is 8. The molecule has 348 valence electrons. The number of ether oxygens (including phenoxy) is 2. The van der Waals surface area contributed by atoms with Crippen molar-refractivity contribution in [2.45, 2.75) is 49.5 Å². The number of urea groups is 3. The van der Waals surface area contributed by atoms with Crippen molar-refractivity contribution in [2.75, 3.05) is 27.3 Å². The molecule has 21 nitrogen and oxygen atoms in total. The van der Waals surface area contributed by atoms with Gasteiger partial charge in [0, 0.05) is 53.3 Å². The van der Waals surface area contributed by atoms with Gasteiger partial charge >= 0.3 is 18.1 Å². The number of benzene rings is 3. The summed E-state index contributed by atoms with van der Waals surface area (Å²) in [5.74, 6) is 10.4. The monoisotopic (exact) mass is 932 g/mol. The van der Waals surface area contributed by atoms with Crippen molar-refractivity contribution in [1.82, 2.24) is 46.7 Å². The first-order chi connectivity index (χ1) is 33.1. The van der Waals surface area contributed by atoms with Crippen molar-refractivity contribution >= 4 is 53.3 Å². The Morgan fingerprint density at radius 2 is 1.20 bits per heavy atom. The normalized spacial score (nSPS) is 22.7. The number of aromatic nitrogens is 1. The van der Waals surface area contributed by atoms with E-state index < -0.39 is 46.5 Å². The van der Waals surface area contributed by atoms with E-state index in [4.69, 9.17) is 14.7 Å². The van der Waals surface area contributed by atoms with E-state index in [0.717, 1.165) is 16.7 Å². The summed E-state index contributed by atoms with van der Waals surface area (Å²) in [6.07, 6.45) is 3.98. The molecule has 1 aliphatic carbocycles. The summed E-state index contributed by atoms with van der Waals surface area (Å²) in [6.45, 7) is 1.85. The molecular weight excluding hydrogens is 893 g/mol. The minimum atomic E-state index is -1.64. The van der Waals surface area contributed by atoms with E-state index in [9.17, 15) is 38.4 Å². The third-order valence-electron chi connectivity index (χ3n) is 12.6. The zero-order valence-electron chi connectivity index (χ0n) is 37.0. The van der Waals surface area contributed by atoms with Crippen LogP contribution in [0.4, 0.5) is 14.4 Å². The summed E-state index contributed by atoms with van der Waals surface area (Å²) >= 11 is 0. The average Bonchev–Trinajstić information content (AvgIpc) is 4.16. The lowest BCUT2D eigenvalue weighted by molar-refractivity contribution is -0.124. The minimum absolute atomic E-state index is 0.141. The lowest BCUT2D eigenvalue weighted by atomic mass is 9.91. The fraction of sp³-hybridized carbons (Fsp3) is 0.250. The molecule has 1 aromatic heterocycles. The van der Waals surface area contributed by atoms with Gasteiger partial charge in [-0.3, -0.25) is 44.9 Å². The third-order valence-corrected chi connectivity index (χ3v) is 12.6. The van der Waals surface area contributed by atoms with Gasteiger partial charge in [-0.1, -0.05) is 47.0 Å². The van der Waals surface area contributed by atoms with E-state index in [1.54, 1.807) is 67.6 Å². The fourth-order valence-corrected chi connectivity index (χ4v) is 8.95. The van der Waals surface area contributed by atoms with Gasteiger partial charge < -0.3 is 40.4 Å². The van der Waals surface area contributed by atoms with Gasteiger partial charge in [-0.15, -0.1) is 0 Å². The van der Waals surface area contributed by atoms with Crippen LogP contribution in [0.15, 0.2) is 78.2 Å². The van der Waals surface area contributed by atoms with E-state index in [0.29, 0.717) is 63.4 Å². The maximum atomic E-state index is 13.1. The Morgan fingerprint density at radius 3 is 1.70 bits per heavy atom. The first-order valence-corrected chi connectivity index (χ1v) is 21.2. The molecule has 10 rings (SSSR count). The molecule has 3 fully saturated rings. The molecule has 69 heavy (non-hydrogen) atoms. The summed E-state index contributed by atoms with van der Waals surface area (Å²) in [5.41, 5.74) is 1.65. The first-order valence-electron chi connectivity index (χ1n) is 21.2. The van der Waals surface area contributed by atoms with Gasteiger partial charge in [-0.05, 0) is 84.5 Å². The van der Waals surface area contributed by atoms with Gasteiger partial charge in [-0.25, -0.2) is 14.4 Å². The molecular formula is C48H40N10O11. The number of amides is 11. The number of aryl methyl sites for hydroxylation is 1. The quantitative estimate of drug-likeness (QED) is 0.0452. The van der Waals surface area contributed by atoms with E-state index in [1.807, 2.05) is 0 Å². The Bertz CT molecular complexity index is 3150. The van der Waals surface area contributed by atoms with Crippen molar-refractivity contribution in [3.63, 3.8) is 0 Å². The highest BCUT2D eigenvalue weighted by Crippen LogP contribution is 2.39. The number of carbonyl (C=O) groups is 8. The van der Waals surface area contributed by atoms with Crippen LogP contribution in [-0.2, 0) is 39.4 Å². The van der Waals surface area contributed by atoms with Crippen LogP contribution >= 0.6 is 0 Å². The number of hydrogen-bond donors (Lipinski definition) is 7. The largest absolute Gasteiger partial charge is 0.497 e. The topological polar surface area (TPSA) is 279 Å². The molecule has 3 atom stereocenters. The van der Waals surface area contributed by atoms with Gasteiger partial charge in [-0.2, -0.15) is 0 Å². The predicted octanol–water partition coefficient (Wildman–Crippen LogP) is 1.14. The number of hydrogen-bond acceptors (Lipinski definition) is 13. The Hall–Kier alpha value is -9.24. The molecule has 1 unspecified atom stereocenters. The number of imide groups is 3. The summed E-state index contributed by atoms with van der Waals surface area (Å²) in [6, 6.07) is 15.4. The molecule has 3 aromatic carbocycles. The van der Waals surface area contributed by atoms with E-state index in [1.165, 1.54) is 36.4 Å². The van der Waals surface area contributed by atoms with Crippen LogP contribution in [0.25, 0.3) is 0 Å². The lowest BCUT2D eigenvalue weighted by Gasteiger charge is -2.26. The smallest absolute Gasteiger partial charge is 0.323 e. The van der Waals surface area contributed by atoms with Crippen molar-refractivity contribution in [1.29, 1.82) is 0 Å². The molecule has 21 heteroatoms. The first kappa shape index (κ1) is 44.9. The van der Waals surface area contributed by atoms with Gasteiger partial charge in [0.1, 0.15) is 17.0 Å². The molecule has 4 aromatic rings. The summed E-state index contributed by atoms with van der Waals surface area (Å²) in [4.78, 5) is 107. The maximum absolute atomic E-state index is 13.1. The molecule has 0 saturated carbocycles. The summed E-state index contributed by atoms with van der Waals surface area (Å²) in [7, 11) is 3.03. The highest BCUT2D eigenvalue weighted by Gasteiger charge is 2.52. The van der Waals surface area contributed by atoms with Crippen molar-refractivity contribution < 1.29 is 53.0 Å². The molecule has 6 aliphatic rings. The number of fused-ring (bicyclic) bond motifs is 4. The minimum Gasteiger partial charge on any atom is -0.497 e. The number of nitrogens with zero attached hydrogens (tertiary/aromatic N) is 4. The van der Waals surface area contributed by atoms with Crippen molar-refractivity contribution in [3.8, 4) is 35.2 Å². The van der Waals surface area contributed by atoms with Gasteiger partial charge in [0.15, 0.2) is 0 Å².